The van der Waals surface area contributed by atoms with E-state index in [4.69, 9.17) is 11.6 Å². The van der Waals surface area contributed by atoms with Gasteiger partial charge < -0.3 is 20.0 Å². The van der Waals surface area contributed by atoms with Crippen molar-refractivity contribution in [1.29, 1.82) is 0 Å². The summed E-state index contributed by atoms with van der Waals surface area (Å²) in [5.74, 6) is -0.851. The van der Waals surface area contributed by atoms with E-state index in [2.05, 4.69) is 25.2 Å². The molecule has 0 atom stereocenters. The highest BCUT2D eigenvalue weighted by Crippen LogP contribution is 2.40. The molecule has 0 radical (unpaired) electrons. The number of carbonyl (C=O) groups is 2. The van der Waals surface area contributed by atoms with Crippen LogP contribution in [-0.2, 0) is 34.9 Å². The number of carbonyl (C=O) groups excluding carboxylic acids is 2. The SMILES string of the molecule is CC(=O)N(c1ccc(-n2cnc3ccccc32)cc1)c1ccc(CN2CCN(C)CC2)c(C(F)(F)F)c1.CN(C)CCCN(C)c1ccc(NC(=O)Cc2ccc(-n3cnc4cccnc43)cc2Cl)cc1C(F)(F)F. The number of likely N-dealkylation sites (N-methyl/N-ethyl adjacent to an activating group) is 1. The molecule has 1 aliphatic rings. The Morgan fingerprint density at radius 3 is 2.03 bits per heavy atom. The Morgan fingerprint density at radius 2 is 1.33 bits per heavy atom. The number of rotatable bonds is 14. The minimum atomic E-state index is -4.57. The number of nitrogens with one attached hydrogen (secondary N) is 1. The maximum atomic E-state index is 14.1. The zero-order valence-electron chi connectivity index (χ0n) is 42.0. The lowest BCUT2D eigenvalue weighted by atomic mass is 10.0. The summed E-state index contributed by atoms with van der Waals surface area (Å²) in [6.07, 6.45) is -3.47. The Bertz CT molecular complexity index is 3280. The maximum absolute atomic E-state index is 14.1. The van der Waals surface area contributed by atoms with Gasteiger partial charge in [0.25, 0.3) is 0 Å². The highest BCUT2D eigenvalue weighted by atomic mass is 35.5. The molecule has 1 aliphatic heterocycles. The van der Waals surface area contributed by atoms with E-state index in [1.807, 2.05) is 78.0 Å². The topological polar surface area (TPSA) is 111 Å². The number of hydrogen-bond acceptors (Lipinski definition) is 9. The van der Waals surface area contributed by atoms with Gasteiger partial charge in [0, 0.05) is 92.9 Å². The number of hydrogen-bond donors (Lipinski definition) is 1. The van der Waals surface area contributed by atoms with Crippen LogP contribution >= 0.6 is 11.6 Å². The number of imidazole rings is 2. The molecular weight excluding hydrogens is 996 g/mol. The van der Waals surface area contributed by atoms with Crippen LogP contribution in [0.1, 0.15) is 35.6 Å². The monoisotopic (exact) mass is 1050 g/mol. The fourth-order valence-electron chi connectivity index (χ4n) is 8.96. The summed E-state index contributed by atoms with van der Waals surface area (Å²) in [7, 11) is 7.47. The van der Waals surface area contributed by atoms with Crippen LogP contribution in [0, 0.1) is 0 Å². The van der Waals surface area contributed by atoms with Crippen molar-refractivity contribution in [1.82, 2.24) is 38.8 Å². The Kier molecular flexibility index (Phi) is 16.6. The van der Waals surface area contributed by atoms with Crippen molar-refractivity contribution in [2.24, 2.45) is 0 Å². The van der Waals surface area contributed by atoms with Crippen molar-refractivity contribution in [3.63, 3.8) is 0 Å². The van der Waals surface area contributed by atoms with Gasteiger partial charge in [-0.3, -0.25) is 28.5 Å². The maximum Gasteiger partial charge on any atom is 0.418 e. The molecule has 2 amide bonds. The van der Waals surface area contributed by atoms with Gasteiger partial charge in [0.1, 0.15) is 18.2 Å². The van der Waals surface area contributed by atoms with Crippen LogP contribution < -0.4 is 15.1 Å². The minimum Gasteiger partial charge on any atom is -0.374 e. The van der Waals surface area contributed by atoms with Crippen LogP contribution in [0.25, 0.3) is 33.6 Å². The lowest BCUT2D eigenvalue weighted by molar-refractivity contribution is -0.138. The highest BCUT2D eigenvalue weighted by Gasteiger charge is 2.36. The van der Waals surface area contributed by atoms with Crippen LogP contribution in [0.15, 0.2) is 134 Å². The standard InChI is InChI=1S/C28H28F3N5O.C27H28ClF3N6O/c1-20(37)36(23-11-9-22(10-12-23)35-19-32-26-5-3-4-6-27(26)35)24-8-7-21(25(17-24)28(29,30)31)18-34-15-13-33(2)14-16-34;1-35(2)12-5-13-36(3)24-10-8-19(15-21(24)27(29,30)31)34-25(38)14-18-7-9-20(16-22(18)28)37-17-33-23-6-4-11-32-26(23)37/h3-12,17,19H,13-16,18H2,1-2H3;4,6-11,15-17H,5,12-14H2,1-3H3,(H,34,38). The van der Waals surface area contributed by atoms with Crippen molar-refractivity contribution < 1.29 is 35.9 Å². The fraction of sp³-hybridized carbons (Fsp3) is 0.291. The molecule has 4 heterocycles. The number of anilines is 4. The summed E-state index contributed by atoms with van der Waals surface area (Å²) in [6.45, 7) is 5.87. The van der Waals surface area contributed by atoms with E-state index in [0.29, 0.717) is 48.0 Å². The van der Waals surface area contributed by atoms with Crippen molar-refractivity contribution >= 4 is 68.4 Å². The highest BCUT2D eigenvalue weighted by molar-refractivity contribution is 6.31. The normalized spacial score (nSPS) is 13.5. The van der Waals surface area contributed by atoms with E-state index < -0.39 is 29.4 Å². The molecule has 3 aromatic heterocycles. The first-order valence-electron chi connectivity index (χ1n) is 24.1. The molecule has 0 spiro atoms. The molecule has 1 saturated heterocycles. The van der Waals surface area contributed by atoms with Crippen LogP contribution in [-0.4, -0.2) is 118 Å². The van der Waals surface area contributed by atoms with Gasteiger partial charge in [0.05, 0.1) is 34.3 Å². The number of pyridine rings is 1. The zero-order valence-corrected chi connectivity index (χ0v) is 42.8. The summed E-state index contributed by atoms with van der Waals surface area (Å²) < 4.78 is 87.6. The van der Waals surface area contributed by atoms with Gasteiger partial charge >= 0.3 is 12.4 Å². The van der Waals surface area contributed by atoms with Crippen LogP contribution in [0.5, 0.6) is 0 Å². The molecule has 20 heteroatoms. The Morgan fingerprint density at radius 1 is 0.680 bits per heavy atom. The summed E-state index contributed by atoms with van der Waals surface area (Å²) >= 11 is 6.45. The van der Waals surface area contributed by atoms with Gasteiger partial charge in [-0.15, -0.1) is 0 Å². The third kappa shape index (κ3) is 13.1. The predicted octanol–water partition coefficient (Wildman–Crippen LogP) is 11.1. The molecule has 5 aromatic carbocycles. The number of piperazine rings is 1. The number of amides is 2. The third-order valence-electron chi connectivity index (χ3n) is 12.9. The molecule has 0 aliphatic carbocycles. The number of alkyl halides is 6. The zero-order chi connectivity index (χ0) is 53.6. The van der Waals surface area contributed by atoms with E-state index in [9.17, 15) is 35.9 Å². The summed E-state index contributed by atoms with van der Waals surface area (Å²) in [6, 6.07) is 31.7. The molecule has 0 saturated carbocycles. The van der Waals surface area contributed by atoms with Crippen LogP contribution in [0.2, 0.25) is 5.02 Å². The van der Waals surface area contributed by atoms with Crippen molar-refractivity contribution in [3.8, 4) is 11.4 Å². The molecule has 1 fully saturated rings. The van der Waals surface area contributed by atoms with Gasteiger partial charge in [-0.2, -0.15) is 26.3 Å². The first kappa shape index (κ1) is 54.0. The Hall–Kier alpha value is -7.32. The quantitative estimate of drug-likeness (QED) is 0.106. The van der Waals surface area contributed by atoms with Gasteiger partial charge in [0.15, 0.2) is 5.65 Å². The lowest BCUT2D eigenvalue weighted by Gasteiger charge is -2.33. The summed E-state index contributed by atoms with van der Waals surface area (Å²) in [5, 5.41) is 2.92. The van der Waals surface area contributed by atoms with E-state index in [1.54, 1.807) is 77.8 Å². The smallest absolute Gasteiger partial charge is 0.374 e. The first-order chi connectivity index (χ1) is 35.7. The molecule has 75 heavy (non-hydrogen) atoms. The number of fused-ring (bicyclic) bond motifs is 2. The predicted molar refractivity (Wildman–Crippen MR) is 282 cm³/mol. The molecule has 9 rings (SSSR count). The number of aromatic nitrogens is 5. The van der Waals surface area contributed by atoms with E-state index in [0.717, 1.165) is 59.7 Å². The molecular formula is C55H56ClF6N11O2. The van der Waals surface area contributed by atoms with E-state index in [1.165, 1.54) is 30.0 Å². The number of nitrogens with zero attached hydrogens (tertiary/aromatic N) is 10. The average Bonchev–Trinajstić information content (AvgIpc) is 4.01. The first-order valence-corrected chi connectivity index (χ1v) is 24.5. The van der Waals surface area contributed by atoms with Gasteiger partial charge in [-0.1, -0.05) is 35.9 Å². The van der Waals surface area contributed by atoms with Crippen molar-refractivity contribution in [2.45, 2.75) is 38.7 Å². The molecule has 392 valence electrons. The fourth-order valence-corrected chi connectivity index (χ4v) is 9.20. The Balaban J connectivity index is 0.000000199. The van der Waals surface area contributed by atoms with E-state index >= 15 is 0 Å². The van der Waals surface area contributed by atoms with Gasteiger partial charge in [-0.25, -0.2) is 15.0 Å². The number of benzene rings is 5. The van der Waals surface area contributed by atoms with Crippen LogP contribution in [0.3, 0.4) is 0 Å². The Labute approximate surface area is 435 Å². The number of halogens is 7. The number of para-hydroxylation sites is 2. The molecule has 8 aromatic rings. The largest absolute Gasteiger partial charge is 0.418 e. The second kappa shape index (κ2) is 23.1. The second-order valence-electron chi connectivity index (χ2n) is 18.7. The molecule has 0 unspecified atom stereocenters. The molecule has 13 nitrogen and oxygen atoms in total. The van der Waals surface area contributed by atoms with Crippen LogP contribution in [0.4, 0.5) is 49.1 Å². The summed E-state index contributed by atoms with van der Waals surface area (Å²) in [4.78, 5) is 47.5. The van der Waals surface area contributed by atoms with Crippen molar-refractivity contribution in [3.05, 3.63) is 161 Å². The average molecular weight is 1050 g/mol. The molecule has 0 bridgehead atoms. The van der Waals surface area contributed by atoms with Gasteiger partial charge in [0.2, 0.25) is 11.8 Å². The van der Waals surface area contributed by atoms with E-state index in [-0.39, 0.29) is 41.5 Å². The van der Waals surface area contributed by atoms with Crippen molar-refractivity contribution in [2.75, 3.05) is 82.6 Å². The minimum absolute atomic E-state index is 0.0643. The molecule has 1 N–H and O–H groups in total. The summed E-state index contributed by atoms with van der Waals surface area (Å²) in [5.41, 5.74) is 4.79. The van der Waals surface area contributed by atoms with Gasteiger partial charge in [-0.05, 0) is 136 Å². The second-order valence-corrected chi connectivity index (χ2v) is 19.1. The lowest BCUT2D eigenvalue weighted by Crippen LogP contribution is -2.44. The third-order valence-corrected chi connectivity index (χ3v) is 13.2.